The van der Waals surface area contributed by atoms with Gasteiger partial charge in [-0.1, -0.05) is 33.6 Å². The Morgan fingerprint density at radius 1 is 1.23 bits per heavy atom. The summed E-state index contributed by atoms with van der Waals surface area (Å²) in [7, 11) is 0. The largest absolute Gasteiger partial charge is 0.197 e. The van der Waals surface area contributed by atoms with Crippen LogP contribution < -0.4 is 0 Å². The molecule has 0 amide bonds. The third-order valence-corrected chi connectivity index (χ3v) is 4.67. The SMILES string of the molecule is CCSC1(C#N)CC(CC)(CC)C1. The average molecular weight is 197 g/mol. The molecule has 0 heterocycles. The van der Waals surface area contributed by atoms with Crippen LogP contribution in [0, 0.1) is 16.7 Å². The molecule has 13 heavy (non-hydrogen) atoms. The lowest BCUT2D eigenvalue weighted by Crippen LogP contribution is -2.48. The van der Waals surface area contributed by atoms with E-state index < -0.39 is 0 Å². The van der Waals surface area contributed by atoms with Gasteiger partial charge in [0, 0.05) is 0 Å². The van der Waals surface area contributed by atoms with Gasteiger partial charge in [-0.15, -0.1) is 11.8 Å². The maximum Gasteiger partial charge on any atom is 0.103 e. The molecule has 0 N–H and O–H groups in total. The van der Waals surface area contributed by atoms with Gasteiger partial charge in [0.15, 0.2) is 0 Å². The van der Waals surface area contributed by atoms with E-state index in [-0.39, 0.29) is 4.75 Å². The van der Waals surface area contributed by atoms with Gasteiger partial charge in [-0.3, -0.25) is 0 Å². The monoisotopic (exact) mass is 197 g/mol. The van der Waals surface area contributed by atoms with Crippen LogP contribution in [0.25, 0.3) is 0 Å². The lowest BCUT2D eigenvalue weighted by Gasteiger charge is -2.52. The summed E-state index contributed by atoms with van der Waals surface area (Å²) >= 11 is 1.84. The molecule has 0 atom stereocenters. The van der Waals surface area contributed by atoms with E-state index in [1.807, 2.05) is 11.8 Å². The first-order valence-corrected chi connectivity index (χ1v) is 6.19. The third-order valence-electron chi connectivity index (χ3n) is 3.45. The van der Waals surface area contributed by atoms with Gasteiger partial charge in [0.2, 0.25) is 0 Å². The van der Waals surface area contributed by atoms with Crippen LogP contribution in [-0.2, 0) is 0 Å². The molecule has 1 aliphatic rings. The Balaban J connectivity index is 2.57. The molecular weight excluding hydrogens is 178 g/mol. The van der Waals surface area contributed by atoms with Crippen LogP contribution in [0.1, 0.15) is 46.5 Å². The summed E-state index contributed by atoms with van der Waals surface area (Å²) in [6.45, 7) is 6.64. The minimum atomic E-state index is -0.0270. The summed E-state index contributed by atoms with van der Waals surface area (Å²) in [5, 5.41) is 9.12. The Morgan fingerprint density at radius 3 is 2.08 bits per heavy atom. The second-order valence-electron chi connectivity index (χ2n) is 4.10. The van der Waals surface area contributed by atoms with Gasteiger partial charge in [-0.2, -0.15) is 5.26 Å². The van der Waals surface area contributed by atoms with E-state index in [9.17, 15) is 0 Å². The predicted octanol–water partition coefficient (Wildman–Crippen LogP) is 3.60. The summed E-state index contributed by atoms with van der Waals surface area (Å²) in [4.78, 5) is 0. The second-order valence-corrected chi connectivity index (χ2v) is 5.75. The van der Waals surface area contributed by atoms with Crippen molar-refractivity contribution in [2.45, 2.75) is 51.2 Å². The number of hydrogen-bond donors (Lipinski definition) is 0. The Bertz CT molecular complexity index is 205. The second kappa shape index (κ2) is 3.92. The van der Waals surface area contributed by atoms with E-state index in [0.29, 0.717) is 5.41 Å². The van der Waals surface area contributed by atoms with Crippen LogP contribution in [0.5, 0.6) is 0 Å². The summed E-state index contributed by atoms with van der Waals surface area (Å²) in [5.41, 5.74) is 0.498. The molecule has 0 unspecified atom stereocenters. The van der Waals surface area contributed by atoms with Gasteiger partial charge in [0.25, 0.3) is 0 Å². The summed E-state index contributed by atoms with van der Waals surface area (Å²) in [5.74, 6) is 1.07. The summed E-state index contributed by atoms with van der Waals surface area (Å²) in [6.07, 6.45) is 4.69. The summed E-state index contributed by atoms with van der Waals surface area (Å²) < 4.78 is -0.0270. The Morgan fingerprint density at radius 2 is 1.77 bits per heavy atom. The molecule has 74 valence electrons. The minimum absolute atomic E-state index is 0.0270. The molecule has 0 aromatic heterocycles. The first-order chi connectivity index (χ1) is 6.16. The Hall–Kier alpha value is -0.160. The molecule has 0 aromatic rings. The number of hydrogen-bond acceptors (Lipinski definition) is 2. The highest BCUT2D eigenvalue weighted by atomic mass is 32.2. The molecule has 1 rings (SSSR count). The zero-order valence-electron chi connectivity index (χ0n) is 8.89. The molecule has 0 spiro atoms. The van der Waals surface area contributed by atoms with Crippen LogP contribution in [0.15, 0.2) is 0 Å². The smallest absolute Gasteiger partial charge is 0.103 e. The van der Waals surface area contributed by atoms with Crippen LogP contribution in [0.2, 0.25) is 0 Å². The molecular formula is C11H19NS. The number of nitrogens with zero attached hydrogens (tertiary/aromatic N) is 1. The van der Waals surface area contributed by atoms with Crippen molar-refractivity contribution in [1.82, 2.24) is 0 Å². The minimum Gasteiger partial charge on any atom is -0.197 e. The van der Waals surface area contributed by atoms with E-state index in [0.717, 1.165) is 18.6 Å². The van der Waals surface area contributed by atoms with Crippen molar-refractivity contribution in [3.8, 4) is 6.07 Å². The highest BCUT2D eigenvalue weighted by molar-refractivity contribution is 8.00. The fourth-order valence-electron chi connectivity index (χ4n) is 2.40. The van der Waals surface area contributed by atoms with E-state index in [2.05, 4.69) is 26.8 Å². The molecule has 0 aromatic carbocycles. The molecule has 2 heteroatoms. The number of nitriles is 1. The normalized spacial score (nSPS) is 23.2. The molecule has 1 fully saturated rings. The standard InChI is InChI=1S/C11H19NS/c1-4-10(5-2)7-11(8-10,9-12)13-6-3/h4-8H2,1-3H3. The van der Waals surface area contributed by atoms with Crippen LogP contribution in [0.3, 0.4) is 0 Å². The average Bonchev–Trinajstić information content (AvgIpc) is 2.11. The quantitative estimate of drug-likeness (QED) is 0.687. The molecule has 1 nitrogen and oxygen atoms in total. The number of thioether (sulfide) groups is 1. The lowest BCUT2D eigenvalue weighted by atomic mass is 9.59. The van der Waals surface area contributed by atoms with E-state index in [4.69, 9.17) is 5.26 Å². The first-order valence-electron chi connectivity index (χ1n) is 5.21. The first kappa shape index (κ1) is 10.9. The van der Waals surface area contributed by atoms with Crippen molar-refractivity contribution < 1.29 is 0 Å². The van der Waals surface area contributed by atoms with E-state index in [1.54, 1.807) is 0 Å². The van der Waals surface area contributed by atoms with Crippen LogP contribution in [-0.4, -0.2) is 10.5 Å². The van der Waals surface area contributed by atoms with Crippen molar-refractivity contribution in [3.63, 3.8) is 0 Å². The maximum atomic E-state index is 9.12. The van der Waals surface area contributed by atoms with E-state index in [1.165, 1.54) is 12.8 Å². The van der Waals surface area contributed by atoms with Gasteiger partial charge in [-0.05, 0) is 24.0 Å². The van der Waals surface area contributed by atoms with Gasteiger partial charge in [0.05, 0.1) is 6.07 Å². The summed E-state index contributed by atoms with van der Waals surface area (Å²) in [6, 6.07) is 2.50. The zero-order chi connectivity index (χ0) is 9.95. The predicted molar refractivity (Wildman–Crippen MR) is 58.7 cm³/mol. The molecule has 0 saturated heterocycles. The molecule has 0 aliphatic heterocycles. The third kappa shape index (κ3) is 1.86. The van der Waals surface area contributed by atoms with Crippen molar-refractivity contribution in [2.24, 2.45) is 5.41 Å². The maximum absolute atomic E-state index is 9.12. The van der Waals surface area contributed by atoms with Crippen LogP contribution in [0.4, 0.5) is 0 Å². The number of rotatable bonds is 4. The van der Waals surface area contributed by atoms with Gasteiger partial charge in [-0.25, -0.2) is 0 Å². The highest BCUT2D eigenvalue weighted by Gasteiger charge is 2.52. The van der Waals surface area contributed by atoms with Gasteiger partial charge in [0.1, 0.15) is 4.75 Å². The topological polar surface area (TPSA) is 23.8 Å². The van der Waals surface area contributed by atoms with Crippen molar-refractivity contribution in [3.05, 3.63) is 0 Å². The van der Waals surface area contributed by atoms with E-state index >= 15 is 0 Å². The Kier molecular flexibility index (Phi) is 3.29. The van der Waals surface area contributed by atoms with Crippen LogP contribution >= 0.6 is 11.8 Å². The fraction of sp³-hybridized carbons (Fsp3) is 0.909. The lowest BCUT2D eigenvalue weighted by molar-refractivity contribution is 0.0985. The molecule has 0 radical (unpaired) electrons. The molecule has 1 saturated carbocycles. The molecule has 1 aliphatic carbocycles. The Labute approximate surface area is 85.9 Å². The fourth-order valence-corrected chi connectivity index (χ4v) is 3.83. The van der Waals surface area contributed by atoms with Crippen molar-refractivity contribution in [2.75, 3.05) is 5.75 Å². The van der Waals surface area contributed by atoms with Gasteiger partial charge < -0.3 is 0 Å². The van der Waals surface area contributed by atoms with Gasteiger partial charge >= 0.3 is 0 Å². The molecule has 0 bridgehead atoms. The van der Waals surface area contributed by atoms with Crippen molar-refractivity contribution in [1.29, 1.82) is 5.26 Å². The van der Waals surface area contributed by atoms with Crippen molar-refractivity contribution >= 4 is 11.8 Å². The zero-order valence-corrected chi connectivity index (χ0v) is 9.71. The highest BCUT2D eigenvalue weighted by Crippen LogP contribution is 2.58.